The van der Waals surface area contributed by atoms with Crippen molar-refractivity contribution in [3.8, 4) is 0 Å². The van der Waals surface area contributed by atoms with E-state index in [-0.39, 0.29) is 17.3 Å². The molecule has 0 aliphatic carbocycles. The Bertz CT molecular complexity index is 1970. The summed E-state index contributed by atoms with van der Waals surface area (Å²) in [5, 5.41) is 5.14. The van der Waals surface area contributed by atoms with E-state index in [0.29, 0.717) is 69.3 Å². The molecule has 0 atom stereocenters. The highest BCUT2D eigenvalue weighted by Crippen LogP contribution is 2.31. The van der Waals surface area contributed by atoms with Gasteiger partial charge in [0.05, 0.1) is 41.8 Å². The Morgan fingerprint density at radius 1 is 0.894 bits per heavy atom. The minimum absolute atomic E-state index is 0.116. The summed E-state index contributed by atoms with van der Waals surface area (Å²) in [5.74, 6) is 0.725. The lowest BCUT2D eigenvalue weighted by Gasteiger charge is -2.28. The van der Waals surface area contributed by atoms with E-state index in [9.17, 15) is 12.8 Å². The van der Waals surface area contributed by atoms with Crippen molar-refractivity contribution >= 4 is 32.7 Å². The van der Waals surface area contributed by atoms with Gasteiger partial charge in [0, 0.05) is 56.3 Å². The number of nitrogens with zero attached hydrogens (tertiary/aromatic N) is 6. The number of benzene rings is 3. The molecule has 3 aromatic carbocycles. The van der Waals surface area contributed by atoms with Gasteiger partial charge in [0.25, 0.3) is 0 Å². The fourth-order valence-corrected chi connectivity index (χ4v) is 7.44. The molecule has 11 heteroatoms. The molecule has 2 saturated heterocycles. The van der Waals surface area contributed by atoms with Crippen LogP contribution in [0.25, 0.3) is 5.65 Å². The Hall–Kier alpha value is -4.45. The monoisotopic (exact) mass is 652 g/mol. The van der Waals surface area contributed by atoms with Crippen molar-refractivity contribution in [3.63, 3.8) is 0 Å². The summed E-state index contributed by atoms with van der Waals surface area (Å²) in [6.07, 6.45) is 0.402. The quantitative estimate of drug-likeness (QED) is 0.218. The highest BCUT2D eigenvalue weighted by molar-refractivity contribution is 7.91. The third-order valence-electron chi connectivity index (χ3n) is 8.94. The average Bonchev–Trinajstić information content (AvgIpc) is 3.44. The van der Waals surface area contributed by atoms with Gasteiger partial charge < -0.3 is 9.64 Å². The van der Waals surface area contributed by atoms with Crippen LogP contribution in [-0.4, -0.2) is 84.5 Å². The lowest BCUT2D eigenvalue weighted by Crippen LogP contribution is -2.39. The first-order valence-corrected chi connectivity index (χ1v) is 17.8. The van der Waals surface area contributed by atoms with Gasteiger partial charge in [0.1, 0.15) is 11.5 Å². The van der Waals surface area contributed by atoms with Crippen molar-refractivity contribution in [2.75, 3.05) is 55.8 Å². The summed E-state index contributed by atoms with van der Waals surface area (Å²) in [4.78, 5) is 14.8. The standard InChI is InChI=1S/C36H37FN6O3S/c1-26-29(13-8-14-30(26)37)23-33-32(25-41-17-21-47(44,45)22-18-41)39-36-31(24-34(40-43(33)36)42-15-19-46-20-16-42)38-35(27-9-4-2-5-10-27)28-11-6-3-7-12-28/h2-14,24H,15-23,25H2,1H3. The Morgan fingerprint density at radius 3 is 2.21 bits per heavy atom. The highest BCUT2D eigenvalue weighted by Gasteiger charge is 2.26. The van der Waals surface area contributed by atoms with Crippen LogP contribution in [0.1, 0.15) is 33.6 Å². The predicted octanol–water partition coefficient (Wildman–Crippen LogP) is 5.00. The predicted molar refractivity (Wildman–Crippen MR) is 182 cm³/mol. The van der Waals surface area contributed by atoms with Crippen LogP contribution in [0.4, 0.5) is 15.9 Å². The molecule has 0 radical (unpaired) electrons. The molecule has 2 fully saturated rings. The summed E-state index contributed by atoms with van der Waals surface area (Å²) in [7, 11) is -3.05. The molecule has 4 heterocycles. The number of sulfone groups is 1. The fraction of sp³-hybridized carbons (Fsp3) is 0.306. The van der Waals surface area contributed by atoms with Gasteiger partial charge in [-0.3, -0.25) is 4.90 Å². The second-order valence-corrected chi connectivity index (χ2v) is 14.4. The topological polar surface area (TPSA) is 92.4 Å². The van der Waals surface area contributed by atoms with Crippen molar-refractivity contribution in [1.82, 2.24) is 19.5 Å². The second kappa shape index (κ2) is 13.3. The minimum atomic E-state index is -3.05. The van der Waals surface area contributed by atoms with Crippen LogP contribution in [0, 0.1) is 12.7 Å². The molecule has 9 nitrogen and oxygen atoms in total. The Kier molecular flexibility index (Phi) is 8.85. The number of aliphatic imine (C=N–C) groups is 1. The van der Waals surface area contributed by atoms with Gasteiger partial charge in [-0.1, -0.05) is 72.8 Å². The van der Waals surface area contributed by atoms with E-state index in [1.54, 1.807) is 13.0 Å². The molecule has 0 amide bonds. The fourth-order valence-electron chi connectivity index (χ4n) is 6.17. The summed E-state index contributed by atoms with van der Waals surface area (Å²) in [6.45, 7) is 5.67. The van der Waals surface area contributed by atoms with E-state index in [4.69, 9.17) is 19.8 Å². The third-order valence-corrected chi connectivity index (χ3v) is 10.5. The molecular formula is C36H37FN6O3S. The molecule has 242 valence electrons. The first-order chi connectivity index (χ1) is 22.8. The average molecular weight is 653 g/mol. The normalized spacial score (nSPS) is 16.8. The van der Waals surface area contributed by atoms with Gasteiger partial charge in [-0.15, -0.1) is 5.10 Å². The summed E-state index contributed by atoms with van der Waals surface area (Å²) < 4.78 is 46.7. The van der Waals surface area contributed by atoms with Crippen LogP contribution in [0.15, 0.2) is 89.9 Å². The first-order valence-electron chi connectivity index (χ1n) is 16.0. The van der Waals surface area contributed by atoms with Gasteiger partial charge >= 0.3 is 0 Å². The first kappa shape index (κ1) is 31.2. The van der Waals surface area contributed by atoms with Crippen LogP contribution in [-0.2, 0) is 27.5 Å². The second-order valence-electron chi connectivity index (χ2n) is 12.0. The number of ether oxygens (including phenoxy) is 1. The van der Waals surface area contributed by atoms with Gasteiger partial charge in [0.2, 0.25) is 0 Å². The van der Waals surface area contributed by atoms with Crippen LogP contribution >= 0.6 is 0 Å². The minimum Gasteiger partial charge on any atom is -0.378 e. The largest absolute Gasteiger partial charge is 0.378 e. The molecule has 0 saturated carbocycles. The highest BCUT2D eigenvalue weighted by atomic mass is 32.2. The maximum absolute atomic E-state index is 14.8. The van der Waals surface area contributed by atoms with Crippen molar-refractivity contribution in [3.05, 3.63) is 124 Å². The van der Waals surface area contributed by atoms with Crippen molar-refractivity contribution in [2.45, 2.75) is 19.9 Å². The van der Waals surface area contributed by atoms with Gasteiger partial charge in [-0.05, 0) is 24.1 Å². The molecule has 0 bridgehead atoms. The number of hydrogen-bond donors (Lipinski definition) is 0. The molecular weight excluding hydrogens is 616 g/mol. The molecule has 47 heavy (non-hydrogen) atoms. The molecule has 0 N–H and O–H groups in total. The van der Waals surface area contributed by atoms with Gasteiger partial charge in [-0.25, -0.2) is 27.3 Å². The maximum atomic E-state index is 14.8. The number of fused-ring (bicyclic) bond motifs is 1. The van der Waals surface area contributed by atoms with E-state index < -0.39 is 9.84 Å². The van der Waals surface area contributed by atoms with Crippen LogP contribution in [0.5, 0.6) is 0 Å². The molecule has 2 aliphatic heterocycles. The van der Waals surface area contributed by atoms with E-state index in [1.165, 1.54) is 6.07 Å². The van der Waals surface area contributed by atoms with Crippen molar-refractivity contribution in [2.24, 2.45) is 4.99 Å². The lowest BCUT2D eigenvalue weighted by molar-refractivity contribution is 0.122. The SMILES string of the molecule is Cc1c(F)cccc1Cc1c(CN2CCS(=O)(=O)CC2)nc2c(N=C(c3ccccc3)c3ccccc3)cc(N3CCOCC3)nn12. The Balaban J connectivity index is 1.44. The smallest absolute Gasteiger partial charge is 0.180 e. The van der Waals surface area contributed by atoms with E-state index >= 15 is 0 Å². The number of hydrogen-bond acceptors (Lipinski definition) is 8. The zero-order valence-corrected chi connectivity index (χ0v) is 27.2. The Labute approximate surface area is 274 Å². The van der Waals surface area contributed by atoms with E-state index in [2.05, 4.69) is 9.80 Å². The number of morpholine rings is 1. The van der Waals surface area contributed by atoms with Gasteiger partial charge in [0.15, 0.2) is 21.3 Å². The van der Waals surface area contributed by atoms with Crippen molar-refractivity contribution in [1.29, 1.82) is 0 Å². The van der Waals surface area contributed by atoms with E-state index in [0.717, 1.165) is 39.6 Å². The molecule has 2 aliphatic rings. The van der Waals surface area contributed by atoms with E-state index in [1.807, 2.05) is 77.3 Å². The van der Waals surface area contributed by atoms with Crippen molar-refractivity contribution < 1.29 is 17.5 Å². The van der Waals surface area contributed by atoms with Gasteiger partial charge in [-0.2, -0.15) is 0 Å². The molecule has 7 rings (SSSR count). The summed E-state index contributed by atoms with van der Waals surface area (Å²) in [6, 6.07) is 27.3. The Morgan fingerprint density at radius 2 is 1.55 bits per heavy atom. The summed E-state index contributed by atoms with van der Waals surface area (Å²) in [5.41, 5.74) is 7.02. The molecule has 0 unspecified atom stereocenters. The zero-order valence-electron chi connectivity index (χ0n) is 26.3. The van der Waals surface area contributed by atoms with Crippen LogP contribution < -0.4 is 4.90 Å². The van der Waals surface area contributed by atoms with Crippen LogP contribution in [0.3, 0.4) is 0 Å². The molecule has 0 spiro atoms. The third kappa shape index (κ3) is 6.83. The number of anilines is 1. The zero-order chi connectivity index (χ0) is 32.4. The number of halogens is 1. The summed E-state index contributed by atoms with van der Waals surface area (Å²) >= 11 is 0. The number of rotatable bonds is 8. The maximum Gasteiger partial charge on any atom is 0.180 e. The lowest BCUT2D eigenvalue weighted by atomic mass is 10.0. The molecule has 2 aromatic heterocycles. The van der Waals surface area contributed by atoms with Crippen LogP contribution in [0.2, 0.25) is 0 Å². The number of aromatic nitrogens is 3. The number of imidazole rings is 1. The molecule has 5 aromatic rings.